The number of fused-ring (bicyclic) bond motifs is 4. The molecule has 1 unspecified atom stereocenters. The van der Waals surface area contributed by atoms with E-state index in [1.165, 1.54) is 47.7 Å². The first-order chi connectivity index (χ1) is 15.9. The number of aromatic carboxylic acids is 1. The Balaban J connectivity index is 1.40. The van der Waals surface area contributed by atoms with E-state index in [2.05, 4.69) is 16.7 Å². The van der Waals surface area contributed by atoms with Gasteiger partial charge in [-0.2, -0.15) is 0 Å². The van der Waals surface area contributed by atoms with Crippen LogP contribution in [0.2, 0.25) is 0 Å². The molecule has 1 heterocycles. The molecule has 2 aromatic carbocycles. The van der Waals surface area contributed by atoms with E-state index in [0.717, 1.165) is 34.4 Å². The Morgan fingerprint density at radius 2 is 1.70 bits per heavy atom. The summed E-state index contributed by atoms with van der Waals surface area (Å²) in [6.07, 6.45) is 4.12. The van der Waals surface area contributed by atoms with E-state index >= 15 is 0 Å². The normalized spacial score (nSPS) is 15.7. The zero-order valence-electron chi connectivity index (χ0n) is 17.4. The quantitative estimate of drug-likeness (QED) is 0.478. The van der Waals surface area contributed by atoms with Crippen LogP contribution in [0.1, 0.15) is 65.8 Å². The summed E-state index contributed by atoms with van der Waals surface area (Å²) in [6.45, 7) is 0.232. The summed E-state index contributed by atoms with van der Waals surface area (Å²) < 4.78 is 13.2. The Morgan fingerprint density at radius 1 is 1.00 bits per heavy atom. The fourth-order valence-electron chi connectivity index (χ4n) is 4.27. The number of carbonyl (C=O) groups excluding carboxylic acids is 2. The fourth-order valence-corrected chi connectivity index (χ4v) is 5.64. The second kappa shape index (κ2) is 8.29. The lowest BCUT2D eigenvalue weighted by molar-refractivity contribution is 0.0696. The van der Waals surface area contributed by atoms with E-state index in [4.69, 9.17) is 5.11 Å². The molecule has 6 nitrogen and oxygen atoms in total. The van der Waals surface area contributed by atoms with E-state index in [1.54, 1.807) is 12.1 Å². The minimum atomic E-state index is -1.07. The number of hydrogen-bond acceptors (Lipinski definition) is 4. The van der Waals surface area contributed by atoms with Gasteiger partial charge in [-0.15, -0.1) is 11.3 Å². The molecular formula is C25H19FN2O4S. The van der Waals surface area contributed by atoms with Crippen LogP contribution < -0.4 is 10.6 Å². The Bertz CT molecular complexity index is 1310. The number of carboxylic acid groups (broad SMARTS) is 1. The number of benzene rings is 2. The number of allylic oxidation sites excluding steroid dienone is 2. The Kier molecular flexibility index (Phi) is 5.30. The van der Waals surface area contributed by atoms with Crippen molar-refractivity contribution in [1.82, 2.24) is 5.32 Å². The molecule has 3 N–H and O–H groups in total. The summed E-state index contributed by atoms with van der Waals surface area (Å²) in [7, 11) is 0. The number of amides is 2. The SMILES string of the molecule is O=C(O)c1ccc(C(=O)Nc2sc3c(c2C(=O)NCc2ccc(F)cc2)C2=CCCC23)cc1. The van der Waals surface area contributed by atoms with Gasteiger partial charge in [-0.25, -0.2) is 9.18 Å². The van der Waals surface area contributed by atoms with Crippen molar-refractivity contribution in [3.8, 4) is 0 Å². The van der Waals surface area contributed by atoms with Crippen LogP contribution in [0.4, 0.5) is 9.39 Å². The maximum absolute atomic E-state index is 13.2. The van der Waals surface area contributed by atoms with E-state index < -0.39 is 11.9 Å². The first kappa shape index (κ1) is 21.1. The molecule has 0 spiro atoms. The minimum Gasteiger partial charge on any atom is -0.478 e. The third kappa shape index (κ3) is 3.82. The highest BCUT2D eigenvalue weighted by atomic mass is 32.1. The average molecular weight is 463 g/mol. The van der Waals surface area contributed by atoms with Crippen LogP contribution >= 0.6 is 11.3 Å². The highest BCUT2D eigenvalue weighted by Crippen LogP contribution is 2.59. The molecule has 33 heavy (non-hydrogen) atoms. The van der Waals surface area contributed by atoms with Gasteiger partial charge in [0.1, 0.15) is 10.8 Å². The van der Waals surface area contributed by atoms with E-state index in [-0.39, 0.29) is 23.8 Å². The van der Waals surface area contributed by atoms with Crippen molar-refractivity contribution >= 4 is 39.7 Å². The van der Waals surface area contributed by atoms with Gasteiger partial charge in [0.2, 0.25) is 0 Å². The lowest BCUT2D eigenvalue weighted by atomic mass is 9.79. The average Bonchev–Trinajstić information content (AvgIpc) is 3.36. The van der Waals surface area contributed by atoms with Gasteiger partial charge >= 0.3 is 5.97 Å². The molecule has 2 aliphatic rings. The zero-order chi connectivity index (χ0) is 23.1. The molecular weight excluding hydrogens is 443 g/mol. The van der Waals surface area contributed by atoms with Gasteiger partial charge in [0.15, 0.2) is 0 Å². The minimum absolute atomic E-state index is 0.0887. The van der Waals surface area contributed by atoms with Gasteiger partial charge in [-0.1, -0.05) is 18.2 Å². The molecule has 8 heteroatoms. The number of carboxylic acids is 1. The molecule has 3 aromatic rings. The lowest BCUT2D eigenvalue weighted by Gasteiger charge is -2.26. The highest BCUT2D eigenvalue weighted by Gasteiger charge is 2.42. The Labute approximate surface area is 192 Å². The van der Waals surface area contributed by atoms with E-state index in [0.29, 0.717) is 22.0 Å². The highest BCUT2D eigenvalue weighted by molar-refractivity contribution is 7.17. The Hall–Kier alpha value is -3.78. The number of thiophene rings is 1. The first-order valence-corrected chi connectivity index (χ1v) is 11.3. The standard InChI is InChI=1S/C25H19FN2O4S/c26-16-10-4-13(5-11-16)12-27-23(30)20-19-17-2-1-3-18(17)21(19)33-24(20)28-22(29)14-6-8-15(9-7-14)25(31)32/h2,4-11,18H,1,3,12H2,(H,27,30)(H,28,29)(H,31,32). The fraction of sp³-hybridized carbons (Fsp3) is 0.160. The van der Waals surface area contributed by atoms with Gasteiger partial charge in [0.25, 0.3) is 11.8 Å². The monoisotopic (exact) mass is 462 g/mol. The molecule has 0 saturated carbocycles. The molecule has 0 bridgehead atoms. The first-order valence-electron chi connectivity index (χ1n) is 10.5. The van der Waals surface area contributed by atoms with Gasteiger partial charge in [-0.3, -0.25) is 9.59 Å². The number of hydrogen-bond donors (Lipinski definition) is 3. The van der Waals surface area contributed by atoms with Crippen LogP contribution in [-0.2, 0) is 6.54 Å². The molecule has 1 aromatic heterocycles. The summed E-state index contributed by atoms with van der Waals surface area (Å²) in [5.74, 6) is -1.82. The topological polar surface area (TPSA) is 95.5 Å². The predicted molar refractivity (Wildman–Crippen MR) is 123 cm³/mol. The Morgan fingerprint density at radius 3 is 2.39 bits per heavy atom. The number of halogens is 1. The molecule has 0 fully saturated rings. The third-order valence-corrected chi connectivity index (χ3v) is 7.17. The van der Waals surface area contributed by atoms with Crippen molar-refractivity contribution in [2.75, 3.05) is 5.32 Å². The van der Waals surface area contributed by atoms with Gasteiger partial charge in [0.05, 0.1) is 11.1 Å². The third-order valence-electron chi connectivity index (χ3n) is 5.95. The maximum Gasteiger partial charge on any atom is 0.335 e. The second-order valence-corrected chi connectivity index (χ2v) is 9.03. The van der Waals surface area contributed by atoms with Crippen LogP contribution in [-0.4, -0.2) is 22.9 Å². The summed E-state index contributed by atoms with van der Waals surface area (Å²) in [6, 6.07) is 11.5. The molecule has 2 aliphatic carbocycles. The van der Waals surface area contributed by atoms with Crippen molar-refractivity contribution in [2.45, 2.75) is 25.3 Å². The zero-order valence-corrected chi connectivity index (χ0v) is 18.2. The van der Waals surface area contributed by atoms with Crippen molar-refractivity contribution < 1.29 is 23.9 Å². The molecule has 2 amide bonds. The molecule has 0 saturated heterocycles. The summed E-state index contributed by atoms with van der Waals surface area (Å²) >= 11 is 1.41. The van der Waals surface area contributed by atoms with E-state index in [1.807, 2.05) is 0 Å². The smallest absolute Gasteiger partial charge is 0.335 e. The molecule has 0 aliphatic heterocycles. The van der Waals surface area contributed by atoms with Crippen molar-refractivity contribution in [3.05, 3.63) is 93.1 Å². The molecule has 1 atom stereocenters. The van der Waals surface area contributed by atoms with Crippen LogP contribution in [0, 0.1) is 5.82 Å². The van der Waals surface area contributed by atoms with Crippen molar-refractivity contribution in [2.24, 2.45) is 0 Å². The van der Waals surface area contributed by atoms with Gasteiger partial charge in [-0.05, 0) is 60.4 Å². The van der Waals surface area contributed by atoms with Gasteiger partial charge < -0.3 is 15.7 Å². The number of rotatable bonds is 6. The predicted octanol–water partition coefficient (Wildman–Crippen LogP) is 5.04. The summed E-state index contributed by atoms with van der Waals surface area (Å²) in [5, 5.41) is 15.2. The van der Waals surface area contributed by atoms with Crippen LogP contribution in [0.25, 0.3) is 5.57 Å². The largest absolute Gasteiger partial charge is 0.478 e. The number of nitrogens with one attached hydrogen (secondary N) is 2. The van der Waals surface area contributed by atoms with E-state index in [9.17, 15) is 18.8 Å². The van der Waals surface area contributed by atoms with Crippen LogP contribution in [0.5, 0.6) is 0 Å². The maximum atomic E-state index is 13.2. The van der Waals surface area contributed by atoms with Crippen LogP contribution in [0.15, 0.2) is 54.6 Å². The molecule has 166 valence electrons. The van der Waals surface area contributed by atoms with Gasteiger partial charge in [0, 0.05) is 28.5 Å². The number of anilines is 1. The molecule has 5 rings (SSSR count). The van der Waals surface area contributed by atoms with Crippen molar-refractivity contribution in [1.29, 1.82) is 0 Å². The summed E-state index contributed by atoms with van der Waals surface area (Å²) in [4.78, 5) is 38.2. The molecule has 0 radical (unpaired) electrons. The second-order valence-electron chi connectivity index (χ2n) is 7.98. The lowest BCUT2D eigenvalue weighted by Crippen LogP contribution is -2.26. The van der Waals surface area contributed by atoms with Crippen LogP contribution in [0.3, 0.4) is 0 Å². The summed E-state index contributed by atoms with van der Waals surface area (Å²) in [5.41, 5.74) is 3.65. The number of carbonyl (C=O) groups is 3. The van der Waals surface area contributed by atoms with Crippen molar-refractivity contribution in [3.63, 3.8) is 0 Å².